The van der Waals surface area contributed by atoms with Crippen molar-refractivity contribution in [2.75, 3.05) is 7.05 Å². The van der Waals surface area contributed by atoms with E-state index in [0.29, 0.717) is 11.5 Å². The van der Waals surface area contributed by atoms with Crippen molar-refractivity contribution in [1.82, 2.24) is 5.32 Å². The van der Waals surface area contributed by atoms with Gasteiger partial charge in [-0.3, -0.25) is 0 Å². The zero-order valence-electron chi connectivity index (χ0n) is 8.64. The molecule has 1 aromatic rings. The first-order chi connectivity index (χ1) is 6.68. The van der Waals surface area contributed by atoms with Gasteiger partial charge in [-0.2, -0.15) is 0 Å². The van der Waals surface area contributed by atoms with Gasteiger partial charge in [-0.25, -0.2) is 0 Å². The molecule has 1 atom stereocenters. The van der Waals surface area contributed by atoms with Gasteiger partial charge in [-0.05, 0) is 66.0 Å². The third kappa shape index (κ3) is 1.90. The number of halogens is 1. The predicted molar refractivity (Wildman–Crippen MR) is 65.9 cm³/mol. The van der Waals surface area contributed by atoms with Crippen LogP contribution in [0, 0.1) is 5.41 Å². The van der Waals surface area contributed by atoms with Gasteiger partial charge in [-0.15, -0.1) is 11.3 Å². The highest BCUT2D eigenvalue weighted by Gasteiger charge is 2.47. The van der Waals surface area contributed by atoms with Gasteiger partial charge in [0.1, 0.15) is 0 Å². The van der Waals surface area contributed by atoms with Gasteiger partial charge in [0, 0.05) is 15.4 Å². The van der Waals surface area contributed by atoms with Crippen LogP contribution in [-0.4, -0.2) is 13.1 Å². The van der Waals surface area contributed by atoms with Crippen LogP contribution >= 0.6 is 27.3 Å². The van der Waals surface area contributed by atoms with E-state index in [1.807, 2.05) is 11.3 Å². The van der Waals surface area contributed by atoms with Gasteiger partial charge in [0.25, 0.3) is 0 Å². The number of nitrogens with one attached hydrogen (secondary N) is 1. The summed E-state index contributed by atoms with van der Waals surface area (Å²) < 4.78 is 1.29. The van der Waals surface area contributed by atoms with Crippen molar-refractivity contribution in [3.8, 4) is 0 Å². The Balaban J connectivity index is 2.08. The molecule has 1 nitrogen and oxygen atoms in total. The van der Waals surface area contributed by atoms with Crippen molar-refractivity contribution in [2.24, 2.45) is 5.41 Å². The Bertz CT molecular complexity index is 317. The van der Waals surface area contributed by atoms with E-state index in [-0.39, 0.29) is 0 Å². The average Bonchev–Trinajstić information content (AvgIpc) is 2.86. The molecule has 0 aliphatic heterocycles. The van der Waals surface area contributed by atoms with Crippen LogP contribution < -0.4 is 5.32 Å². The first-order valence-corrected chi connectivity index (χ1v) is 6.74. The normalized spacial score (nSPS) is 20.8. The van der Waals surface area contributed by atoms with Crippen LogP contribution in [-0.2, 0) is 6.42 Å². The molecular formula is C11H16BrNS. The smallest absolute Gasteiger partial charge is 0.0314 e. The van der Waals surface area contributed by atoms with Gasteiger partial charge in [0.15, 0.2) is 0 Å². The third-order valence-electron chi connectivity index (χ3n) is 3.45. The standard InChI is InChI=1S/C11H16BrNS/c1-8(13-2)11(4-5-11)7-10-9(12)3-6-14-10/h3,6,8,13H,4-5,7H2,1-2H3. The summed E-state index contributed by atoms with van der Waals surface area (Å²) in [6, 6.07) is 2.79. The molecule has 1 unspecified atom stereocenters. The van der Waals surface area contributed by atoms with Crippen molar-refractivity contribution in [3.63, 3.8) is 0 Å². The Morgan fingerprint density at radius 3 is 2.79 bits per heavy atom. The van der Waals surface area contributed by atoms with Crippen LogP contribution in [0.4, 0.5) is 0 Å². The number of thiophene rings is 1. The van der Waals surface area contributed by atoms with E-state index >= 15 is 0 Å². The van der Waals surface area contributed by atoms with Gasteiger partial charge >= 0.3 is 0 Å². The summed E-state index contributed by atoms with van der Waals surface area (Å²) in [6.45, 7) is 2.30. The van der Waals surface area contributed by atoms with E-state index in [1.54, 1.807) is 0 Å². The summed E-state index contributed by atoms with van der Waals surface area (Å²) in [5.74, 6) is 0. The summed E-state index contributed by atoms with van der Waals surface area (Å²) in [4.78, 5) is 1.50. The van der Waals surface area contributed by atoms with Crippen LogP contribution in [0.15, 0.2) is 15.9 Å². The molecule has 14 heavy (non-hydrogen) atoms. The number of hydrogen-bond donors (Lipinski definition) is 1. The van der Waals surface area contributed by atoms with Crippen molar-refractivity contribution in [2.45, 2.75) is 32.2 Å². The lowest BCUT2D eigenvalue weighted by molar-refractivity contribution is 0.371. The monoisotopic (exact) mass is 273 g/mol. The van der Waals surface area contributed by atoms with Crippen LogP contribution in [0.25, 0.3) is 0 Å². The lowest BCUT2D eigenvalue weighted by Gasteiger charge is -2.22. The largest absolute Gasteiger partial charge is 0.317 e. The fraction of sp³-hybridized carbons (Fsp3) is 0.636. The second-order valence-corrected chi connectivity index (χ2v) is 6.10. The SMILES string of the molecule is CNC(C)C1(Cc2sccc2Br)CC1. The minimum Gasteiger partial charge on any atom is -0.317 e. The van der Waals surface area contributed by atoms with E-state index in [2.05, 4.69) is 46.7 Å². The molecule has 0 aromatic carbocycles. The molecule has 0 radical (unpaired) electrons. The molecule has 1 saturated carbocycles. The average molecular weight is 274 g/mol. The first kappa shape index (κ1) is 10.7. The molecule has 0 spiro atoms. The molecule has 1 aliphatic rings. The lowest BCUT2D eigenvalue weighted by Crippen LogP contribution is -2.33. The van der Waals surface area contributed by atoms with E-state index < -0.39 is 0 Å². The molecule has 0 saturated heterocycles. The number of hydrogen-bond acceptors (Lipinski definition) is 2. The van der Waals surface area contributed by atoms with Gasteiger partial charge in [-0.1, -0.05) is 0 Å². The van der Waals surface area contributed by atoms with E-state index in [4.69, 9.17) is 0 Å². The molecule has 78 valence electrons. The quantitative estimate of drug-likeness (QED) is 0.886. The molecule has 2 rings (SSSR count). The maximum absolute atomic E-state index is 3.61. The summed E-state index contributed by atoms with van der Waals surface area (Å²) in [7, 11) is 2.06. The van der Waals surface area contributed by atoms with Crippen molar-refractivity contribution >= 4 is 27.3 Å². The Hall–Kier alpha value is 0.140. The molecule has 3 heteroatoms. The Morgan fingerprint density at radius 2 is 2.36 bits per heavy atom. The van der Waals surface area contributed by atoms with Gasteiger partial charge in [0.05, 0.1) is 0 Å². The van der Waals surface area contributed by atoms with Gasteiger partial charge < -0.3 is 5.32 Å². The highest BCUT2D eigenvalue weighted by Crippen LogP contribution is 2.52. The van der Waals surface area contributed by atoms with Crippen LogP contribution in [0.1, 0.15) is 24.6 Å². The Labute approximate surface area is 98.0 Å². The zero-order chi connectivity index (χ0) is 10.2. The Morgan fingerprint density at radius 1 is 1.64 bits per heavy atom. The van der Waals surface area contributed by atoms with Crippen LogP contribution in [0.2, 0.25) is 0 Å². The molecule has 1 fully saturated rings. The van der Waals surface area contributed by atoms with E-state index in [9.17, 15) is 0 Å². The van der Waals surface area contributed by atoms with E-state index in [0.717, 1.165) is 0 Å². The summed E-state index contributed by atoms with van der Waals surface area (Å²) in [5.41, 5.74) is 0.544. The Kier molecular flexibility index (Phi) is 3.01. The summed E-state index contributed by atoms with van der Waals surface area (Å²) in [6.07, 6.45) is 3.98. The number of rotatable bonds is 4. The summed E-state index contributed by atoms with van der Waals surface area (Å²) in [5, 5.41) is 5.56. The summed E-state index contributed by atoms with van der Waals surface area (Å²) >= 11 is 5.48. The second kappa shape index (κ2) is 3.95. The van der Waals surface area contributed by atoms with Crippen molar-refractivity contribution < 1.29 is 0 Å². The minimum atomic E-state index is 0.544. The maximum Gasteiger partial charge on any atom is 0.0314 e. The predicted octanol–water partition coefficient (Wildman–Crippen LogP) is 3.44. The molecule has 1 heterocycles. The fourth-order valence-electron chi connectivity index (χ4n) is 2.00. The first-order valence-electron chi connectivity index (χ1n) is 5.07. The lowest BCUT2D eigenvalue weighted by atomic mass is 9.93. The highest BCUT2D eigenvalue weighted by molar-refractivity contribution is 9.10. The van der Waals surface area contributed by atoms with Crippen molar-refractivity contribution in [3.05, 3.63) is 20.8 Å². The van der Waals surface area contributed by atoms with Gasteiger partial charge in [0.2, 0.25) is 0 Å². The van der Waals surface area contributed by atoms with Crippen molar-refractivity contribution in [1.29, 1.82) is 0 Å². The third-order valence-corrected chi connectivity index (χ3v) is 5.37. The second-order valence-electron chi connectivity index (χ2n) is 4.24. The zero-order valence-corrected chi connectivity index (χ0v) is 11.0. The molecule has 1 aliphatic carbocycles. The molecule has 1 aromatic heterocycles. The molecule has 1 N–H and O–H groups in total. The molecular weight excluding hydrogens is 258 g/mol. The molecule has 0 bridgehead atoms. The topological polar surface area (TPSA) is 12.0 Å². The fourth-order valence-corrected chi connectivity index (χ4v) is 3.65. The highest BCUT2D eigenvalue weighted by atomic mass is 79.9. The minimum absolute atomic E-state index is 0.544. The van der Waals surface area contributed by atoms with E-state index in [1.165, 1.54) is 28.6 Å². The van der Waals surface area contributed by atoms with Crippen LogP contribution in [0.3, 0.4) is 0 Å². The maximum atomic E-state index is 3.61. The molecule has 0 amide bonds. The van der Waals surface area contributed by atoms with Crippen LogP contribution in [0.5, 0.6) is 0 Å².